The summed E-state index contributed by atoms with van der Waals surface area (Å²) in [7, 11) is 3.55. The molecule has 6 rings (SSSR count). The molecule has 1 aliphatic heterocycles. The highest BCUT2D eigenvalue weighted by molar-refractivity contribution is 5.84. The number of hydrogen-bond donors (Lipinski definition) is 2. The van der Waals surface area contributed by atoms with Crippen molar-refractivity contribution in [1.29, 1.82) is 5.26 Å². The van der Waals surface area contributed by atoms with Crippen LogP contribution in [0.2, 0.25) is 0 Å². The van der Waals surface area contributed by atoms with Crippen molar-refractivity contribution < 1.29 is 9.50 Å². The summed E-state index contributed by atoms with van der Waals surface area (Å²) < 4.78 is 19.6. The van der Waals surface area contributed by atoms with E-state index in [1.165, 1.54) is 34.8 Å². The van der Waals surface area contributed by atoms with E-state index in [4.69, 9.17) is 0 Å². The fourth-order valence-corrected chi connectivity index (χ4v) is 5.43. The third-order valence-corrected chi connectivity index (χ3v) is 7.97. The Morgan fingerprint density at radius 1 is 1.09 bits per heavy atom. The number of fused-ring (bicyclic) bond motifs is 2. The van der Waals surface area contributed by atoms with Gasteiger partial charge in [0.15, 0.2) is 5.82 Å². The number of aryl methyl sites for hydroxylation is 1. The van der Waals surface area contributed by atoms with E-state index in [-0.39, 0.29) is 28.0 Å². The van der Waals surface area contributed by atoms with Crippen LogP contribution in [0.4, 0.5) is 15.9 Å². The minimum Gasteiger partial charge on any atom is -0.392 e. The Balaban J connectivity index is 1.44. The highest BCUT2D eigenvalue weighted by Crippen LogP contribution is 2.30. The Labute approximate surface area is 251 Å². The number of pyridine rings is 2. The lowest BCUT2D eigenvalue weighted by molar-refractivity contribution is 0.259. The third kappa shape index (κ3) is 4.93. The molecule has 2 N–H and O–H groups in total. The van der Waals surface area contributed by atoms with Crippen LogP contribution in [-0.4, -0.2) is 52.7 Å². The van der Waals surface area contributed by atoms with Gasteiger partial charge < -0.3 is 10.4 Å². The van der Waals surface area contributed by atoms with Crippen LogP contribution < -0.4 is 16.4 Å². The van der Waals surface area contributed by atoms with E-state index in [0.29, 0.717) is 28.0 Å². The number of nitriles is 1. The molecule has 1 aromatic carbocycles. The fourth-order valence-electron chi connectivity index (χ4n) is 5.43. The molecule has 0 bridgehead atoms. The topological polar surface area (TPSA) is 147 Å². The molecule has 0 atom stereocenters. The summed E-state index contributed by atoms with van der Waals surface area (Å²) in [5, 5.41) is 32.3. The predicted octanol–water partition coefficient (Wildman–Crippen LogP) is 2.96. The lowest BCUT2D eigenvalue weighted by atomic mass is 9.85. The summed E-state index contributed by atoms with van der Waals surface area (Å²) in [6, 6.07) is 11.6. The van der Waals surface area contributed by atoms with E-state index in [9.17, 15) is 20.0 Å². The zero-order valence-corrected chi connectivity index (χ0v) is 24.7. The van der Waals surface area contributed by atoms with Crippen molar-refractivity contribution in [2.75, 3.05) is 18.9 Å². The van der Waals surface area contributed by atoms with E-state index in [1.54, 1.807) is 38.1 Å². The molecule has 0 saturated carbocycles. The molecule has 0 aliphatic carbocycles. The van der Waals surface area contributed by atoms with Gasteiger partial charge in [0.25, 0.3) is 11.1 Å². The van der Waals surface area contributed by atoms with Crippen LogP contribution in [0.3, 0.4) is 0 Å². The van der Waals surface area contributed by atoms with Crippen molar-refractivity contribution >= 4 is 22.3 Å². The van der Waals surface area contributed by atoms with E-state index >= 15 is 4.39 Å². The first-order chi connectivity index (χ1) is 21.0. The Hall–Kier alpha value is -5.19. The first kappa shape index (κ1) is 28.9. The average molecular weight is 596 g/mol. The molecule has 44 heavy (non-hydrogen) atoms. The molecule has 5 heterocycles. The molecule has 0 radical (unpaired) electrons. The molecule has 13 heteroatoms. The third-order valence-electron chi connectivity index (χ3n) is 7.97. The van der Waals surface area contributed by atoms with Crippen molar-refractivity contribution in [2.24, 2.45) is 7.05 Å². The molecule has 0 unspecified atom stereocenters. The van der Waals surface area contributed by atoms with Gasteiger partial charge in [-0.2, -0.15) is 15.5 Å². The molecule has 4 aromatic heterocycles. The van der Waals surface area contributed by atoms with Crippen molar-refractivity contribution in [2.45, 2.75) is 39.0 Å². The van der Waals surface area contributed by atoms with Crippen LogP contribution in [0.5, 0.6) is 0 Å². The maximum Gasteiger partial charge on any atom is 0.290 e. The fraction of sp³-hybridized carbons (Fsp3) is 0.290. The van der Waals surface area contributed by atoms with Crippen LogP contribution in [-0.2, 0) is 32.2 Å². The number of likely N-dealkylation sites (N-methyl/N-ethyl adjacent to an activating group) is 1. The molecule has 0 spiro atoms. The number of aliphatic hydroxyl groups excluding tert-OH is 1. The molecule has 5 aromatic rings. The minimum absolute atomic E-state index is 0.0915. The van der Waals surface area contributed by atoms with Crippen molar-refractivity contribution in [1.82, 2.24) is 34.0 Å². The van der Waals surface area contributed by atoms with Gasteiger partial charge in [0.2, 0.25) is 0 Å². The summed E-state index contributed by atoms with van der Waals surface area (Å²) in [6.07, 6.45) is 2.91. The first-order valence-electron chi connectivity index (χ1n) is 14.0. The summed E-state index contributed by atoms with van der Waals surface area (Å²) in [5.74, 6) is -0.146. The highest BCUT2D eigenvalue weighted by Gasteiger charge is 2.24. The average Bonchev–Trinajstić information content (AvgIpc) is 3.40. The monoisotopic (exact) mass is 595 g/mol. The van der Waals surface area contributed by atoms with E-state index in [0.717, 1.165) is 25.3 Å². The van der Waals surface area contributed by atoms with Crippen LogP contribution in [0.25, 0.3) is 27.8 Å². The second kappa shape index (κ2) is 10.8. The Morgan fingerprint density at radius 2 is 1.89 bits per heavy atom. The quantitative estimate of drug-likeness (QED) is 0.302. The van der Waals surface area contributed by atoms with E-state index in [1.807, 2.05) is 17.8 Å². The maximum atomic E-state index is 15.3. The Bertz CT molecular complexity index is 2110. The van der Waals surface area contributed by atoms with Crippen molar-refractivity contribution in [3.05, 3.63) is 92.1 Å². The molecule has 1 aliphatic rings. The standard InChI is InChI=1S/C31H30FN9O3/c1-31(2,17-33)19-11-18-6-8-40(30(44)27(18)23(32)12-19)28-22(16-42)21(5-7-34-28)24-14-25(29(43)39(4)36-24)35-26-13-20-15-38(3)9-10-41(20)37-26/h5-8,11-14,42H,9-10,15-16H2,1-4H3,(H,35,37). The van der Waals surface area contributed by atoms with E-state index in [2.05, 4.69) is 31.5 Å². The zero-order chi connectivity index (χ0) is 31.3. The van der Waals surface area contributed by atoms with Gasteiger partial charge in [-0.15, -0.1) is 0 Å². The molecular weight excluding hydrogens is 565 g/mol. The van der Waals surface area contributed by atoms with Gasteiger partial charge in [-0.05, 0) is 62.2 Å². The SMILES string of the molecule is CN1CCn2nc(Nc3cc(-c4ccnc(-n5ccc6cc(C(C)(C)C#N)cc(F)c6c5=O)c4CO)nn(C)c3=O)cc2C1. The number of nitrogens with zero attached hydrogens (tertiary/aromatic N) is 8. The summed E-state index contributed by atoms with van der Waals surface area (Å²) in [4.78, 5) is 33.2. The van der Waals surface area contributed by atoms with Gasteiger partial charge >= 0.3 is 0 Å². The largest absolute Gasteiger partial charge is 0.392 e. The number of rotatable bonds is 6. The second-order valence-corrected chi connectivity index (χ2v) is 11.4. The smallest absolute Gasteiger partial charge is 0.290 e. The Kier molecular flexibility index (Phi) is 7.11. The van der Waals surface area contributed by atoms with Crippen LogP contribution in [0.15, 0.2) is 58.4 Å². The zero-order valence-electron chi connectivity index (χ0n) is 24.7. The highest BCUT2D eigenvalue weighted by atomic mass is 19.1. The molecular formula is C31H30FN9O3. The van der Waals surface area contributed by atoms with Crippen LogP contribution in [0, 0.1) is 17.1 Å². The predicted molar refractivity (Wildman–Crippen MR) is 162 cm³/mol. The number of aliphatic hydroxyl groups is 1. The number of halogens is 1. The van der Waals surface area contributed by atoms with Crippen molar-refractivity contribution in [3.8, 4) is 23.1 Å². The number of anilines is 2. The second-order valence-electron chi connectivity index (χ2n) is 11.4. The first-order valence-corrected chi connectivity index (χ1v) is 14.0. The van der Waals surface area contributed by atoms with Crippen LogP contribution in [0.1, 0.15) is 30.7 Å². The number of aromatic nitrogens is 6. The summed E-state index contributed by atoms with van der Waals surface area (Å²) in [5.41, 5.74) is 0.729. The molecule has 0 amide bonds. The summed E-state index contributed by atoms with van der Waals surface area (Å²) in [6.45, 7) is 5.18. The van der Waals surface area contributed by atoms with Gasteiger partial charge in [-0.1, -0.05) is 0 Å². The van der Waals surface area contributed by atoms with Gasteiger partial charge in [-0.25, -0.2) is 14.1 Å². The maximum absolute atomic E-state index is 15.3. The van der Waals surface area contributed by atoms with Gasteiger partial charge in [0, 0.05) is 49.7 Å². The molecule has 0 fully saturated rings. The number of benzene rings is 1. The normalized spacial score (nSPS) is 13.6. The van der Waals surface area contributed by atoms with Gasteiger partial charge in [0.1, 0.15) is 17.3 Å². The van der Waals surface area contributed by atoms with Gasteiger partial charge in [0.05, 0.1) is 41.4 Å². The molecule has 12 nitrogen and oxygen atoms in total. The number of nitrogens with one attached hydrogen (secondary N) is 1. The number of hydrogen-bond acceptors (Lipinski definition) is 9. The lowest BCUT2D eigenvalue weighted by Crippen LogP contribution is -2.30. The minimum atomic E-state index is -0.950. The Morgan fingerprint density at radius 3 is 2.64 bits per heavy atom. The molecule has 224 valence electrons. The van der Waals surface area contributed by atoms with Crippen LogP contribution >= 0.6 is 0 Å². The summed E-state index contributed by atoms with van der Waals surface area (Å²) >= 11 is 0. The molecule has 0 saturated heterocycles. The van der Waals surface area contributed by atoms with E-state index < -0.39 is 23.4 Å². The van der Waals surface area contributed by atoms with Crippen molar-refractivity contribution in [3.63, 3.8) is 0 Å². The lowest BCUT2D eigenvalue weighted by Gasteiger charge is -2.22. The van der Waals surface area contributed by atoms with Gasteiger partial charge in [-0.3, -0.25) is 23.7 Å².